The highest BCUT2D eigenvalue weighted by atomic mass is 16.3. The summed E-state index contributed by atoms with van der Waals surface area (Å²) in [4.78, 5) is 0. The van der Waals surface area contributed by atoms with Crippen molar-refractivity contribution in [2.24, 2.45) is 0 Å². The van der Waals surface area contributed by atoms with E-state index in [1.807, 2.05) is 24.3 Å². The van der Waals surface area contributed by atoms with Gasteiger partial charge in [0.25, 0.3) is 0 Å². The van der Waals surface area contributed by atoms with Gasteiger partial charge in [0.1, 0.15) is 11.5 Å². The summed E-state index contributed by atoms with van der Waals surface area (Å²) in [5, 5.41) is 21.5. The predicted octanol–water partition coefficient (Wildman–Crippen LogP) is 9.89. The number of phenolic OH excluding ortho intramolecular Hbond substituents is 2. The number of unbranched alkanes of at least 4 members (excludes halogenated alkanes) is 12. The molecule has 0 fully saturated rings. The molecule has 2 aromatic carbocycles. The van der Waals surface area contributed by atoms with E-state index in [1.165, 1.54) is 99.3 Å². The SMILES string of the molecule is CCCCCCCCCc1c(O)ccc(C)c1Cc1c(C)ccc(O)c1CCCCCCCCC. The van der Waals surface area contributed by atoms with Crippen molar-refractivity contribution in [1.29, 1.82) is 0 Å². The Kier molecular flexibility index (Phi) is 13.9. The number of benzene rings is 2. The molecule has 0 saturated carbocycles. The van der Waals surface area contributed by atoms with E-state index in [0.717, 1.165) is 43.2 Å². The van der Waals surface area contributed by atoms with Crippen molar-refractivity contribution < 1.29 is 10.2 Å². The first kappa shape index (κ1) is 29.3. The van der Waals surface area contributed by atoms with Gasteiger partial charge in [-0.1, -0.05) is 103 Å². The second-order valence-electron chi connectivity index (χ2n) is 10.6. The molecule has 0 atom stereocenters. The maximum absolute atomic E-state index is 10.8. The molecular formula is C33H52O2. The van der Waals surface area contributed by atoms with Gasteiger partial charge in [-0.05, 0) is 91.5 Å². The van der Waals surface area contributed by atoms with Crippen LogP contribution in [0.2, 0.25) is 0 Å². The van der Waals surface area contributed by atoms with Crippen molar-refractivity contribution in [3.8, 4) is 11.5 Å². The van der Waals surface area contributed by atoms with E-state index < -0.39 is 0 Å². The quantitative estimate of drug-likeness (QED) is 0.208. The predicted molar refractivity (Wildman–Crippen MR) is 152 cm³/mol. The summed E-state index contributed by atoms with van der Waals surface area (Å²) in [7, 11) is 0. The van der Waals surface area contributed by atoms with E-state index in [-0.39, 0.29) is 0 Å². The average Bonchev–Trinajstić information content (AvgIpc) is 2.85. The van der Waals surface area contributed by atoms with Crippen LogP contribution in [0.4, 0.5) is 0 Å². The molecule has 0 bridgehead atoms. The minimum absolute atomic E-state index is 0.433. The minimum Gasteiger partial charge on any atom is -0.508 e. The molecule has 0 aliphatic heterocycles. The Morgan fingerprint density at radius 3 is 1.17 bits per heavy atom. The lowest BCUT2D eigenvalue weighted by Crippen LogP contribution is -2.05. The van der Waals surface area contributed by atoms with Crippen molar-refractivity contribution in [1.82, 2.24) is 0 Å². The molecule has 0 amide bonds. The molecule has 2 rings (SSSR count). The molecule has 0 heterocycles. The third-order valence-corrected chi connectivity index (χ3v) is 7.70. The Labute approximate surface area is 216 Å². The Hall–Kier alpha value is -1.96. The maximum Gasteiger partial charge on any atom is 0.119 e. The topological polar surface area (TPSA) is 40.5 Å². The van der Waals surface area contributed by atoms with Crippen molar-refractivity contribution >= 4 is 0 Å². The van der Waals surface area contributed by atoms with Crippen molar-refractivity contribution in [3.63, 3.8) is 0 Å². The van der Waals surface area contributed by atoms with Crippen LogP contribution in [0, 0.1) is 13.8 Å². The summed E-state index contributed by atoms with van der Waals surface area (Å²) in [6, 6.07) is 7.83. The van der Waals surface area contributed by atoms with Crippen LogP contribution in [-0.4, -0.2) is 10.2 Å². The zero-order chi connectivity index (χ0) is 25.5. The van der Waals surface area contributed by atoms with Crippen LogP contribution in [-0.2, 0) is 19.3 Å². The maximum atomic E-state index is 10.8. The summed E-state index contributed by atoms with van der Waals surface area (Å²) >= 11 is 0. The molecule has 0 unspecified atom stereocenters. The summed E-state index contributed by atoms with van der Waals surface area (Å²) in [6.45, 7) is 8.85. The highest BCUT2D eigenvalue weighted by Gasteiger charge is 2.17. The van der Waals surface area contributed by atoms with Crippen molar-refractivity contribution in [3.05, 3.63) is 57.6 Å². The fourth-order valence-electron chi connectivity index (χ4n) is 5.34. The molecule has 196 valence electrons. The van der Waals surface area contributed by atoms with Gasteiger partial charge in [-0.25, -0.2) is 0 Å². The highest BCUT2D eigenvalue weighted by Crippen LogP contribution is 2.33. The van der Waals surface area contributed by atoms with Crippen LogP contribution in [0.1, 0.15) is 137 Å². The van der Waals surface area contributed by atoms with E-state index in [2.05, 4.69) is 27.7 Å². The van der Waals surface area contributed by atoms with Gasteiger partial charge in [0.05, 0.1) is 0 Å². The van der Waals surface area contributed by atoms with Crippen LogP contribution >= 0.6 is 0 Å². The van der Waals surface area contributed by atoms with Crippen LogP contribution in [0.5, 0.6) is 11.5 Å². The number of hydrogen-bond acceptors (Lipinski definition) is 2. The van der Waals surface area contributed by atoms with Gasteiger partial charge in [-0.3, -0.25) is 0 Å². The zero-order valence-electron chi connectivity index (χ0n) is 23.2. The van der Waals surface area contributed by atoms with E-state index in [9.17, 15) is 10.2 Å². The normalized spacial score (nSPS) is 11.3. The summed E-state index contributed by atoms with van der Waals surface area (Å²) in [6.07, 6.45) is 20.5. The molecular weight excluding hydrogens is 428 g/mol. The number of rotatable bonds is 18. The van der Waals surface area contributed by atoms with Crippen LogP contribution in [0.3, 0.4) is 0 Å². The Morgan fingerprint density at radius 1 is 0.457 bits per heavy atom. The largest absolute Gasteiger partial charge is 0.508 e. The molecule has 0 aliphatic carbocycles. The highest BCUT2D eigenvalue weighted by molar-refractivity contribution is 5.51. The molecule has 0 saturated heterocycles. The van der Waals surface area contributed by atoms with E-state index >= 15 is 0 Å². The smallest absolute Gasteiger partial charge is 0.119 e. The monoisotopic (exact) mass is 480 g/mol. The molecule has 0 spiro atoms. The van der Waals surface area contributed by atoms with Gasteiger partial charge < -0.3 is 10.2 Å². The second-order valence-corrected chi connectivity index (χ2v) is 10.6. The summed E-state index contributed by atoms with van der Waals surface area (Å²) in [5.41, 5.74) is 7.22. The van der Waals surface area contributed by atoms with E-state index in [1.54, 1.807) is 0 Å². The molecule has 2 aromatic rings. The Morgan fingerprint density at radius 2 is 0.800 bits per heavy atom. The van der Waals surface area contributed by atoms with Crippen molar-refractivity contribution in [2.45, 2.75) is 137 Å². The molecule has 0 aliphatic rings. The number of aromatic hydroxyl groups is 2. The van der Waals surface area contributed by atoms with Gasteiger partial charge in [0.2, 0.25) is 0 Å². The van der Waals surface area contributed by atoms with Gasteiger partial charge in [0.15, 0.2) is 0 Å². The van der Waals surface area contributed by atoms with Crippen LogP contribution in [0.15, 0.2) is 24.3 Å². The van der Waals surface area contributed by atoms with Gasteiger partial charge in [0, 0.05) is 0 Å². The van der Waals surface area contributed by atoms with E-state index in [0.29, 0.717) is 11.5 Å². The molecule has 2 N–H and O–H groups in total. The van der Waals surface area contributed by atoms with Gasteiger partial charge >= 0.3 is 0 Å². The Balaban J connectivity index is 2.09. The fraction of sp³-hybridized carbons (Fsp3) is 0.636. The van der Waals surface area contributed by atoms with Gasteiger partial charge in [-0.15, -0.1) is 0 Å². The zero-order valence-corrected chi connectivity index (χ0v) is 23.2. The molecule has 35 heavy (non-hydrogen) atoms. The Bertz CT molecular complexity index is 796. The first-order chi connectivity index (χ1) is 17.0. The minimum atomic E-state index is 0.433. The second kappa shape index (κ2) is 16.7. The first-order valence-corrected chi connectivity index (χ1v) is 14.6. The fourth-order valence-corrected chi connectivity index (χ4v) is 5.34. The third-order valence-electron chi connectivity index (χ3n) is 7.70. The summed E-state index contributed by atoms with van der Waals surface area (Å²) < 4.78 is 0. The lowest BCUT2D eigenvalue weighted by atomic mass is 9.87. The van der Waals surface area contributed by atoms with Crippen molar-refractivity contribution in [2.75, 3.05) is 0 Å². The molecule has 2 nitrogen and oxygen atoms in total. The average molecular weight is 481 g/mol. The van der Waals surface area contributed by atoms with E-state index in [4.69, 9.17) is 0 Å². The first-order valence-electron chi connectivity index (χ1n) is 14.6. The standard InChI is InChI=1S/C33H52O2/c1-5-7-9-11-13-15-17-19-28-30(26(3)21-23-32(28)34)25-31-27(4)22-24-33(35)29(31)20-18-16-14-12-10-8-6-2/h21-24,34-35H,5-20,25H2,1-4H3. The molecule has 0 aromatic heterocycles. The summed E-state index contributed by atoms with van der Waals surface area (Å²) in [5.74, 6) is 0.867. The molecule has 0 radical (unpaired) electrons. The van der Waals surface area contributed by atoms with Crippen LogP contribution in [0.25, 0.3) is 0 Å². The number of hydrogen-bond donors (Lipinski definition) is 2. The number of phenols is 2. The lowest BCUT2D eigenvalue weighted by molar-refractivity contribution is 0.463. The van der Waals surface area contributed by atoms with Crippen LogP contribution < -0.4 is 0 Å². The van der Waals surface area contributed by atoms with Gasteiger partial charge in [-0.2, -0.15) is 0 Å². The third kappa shape index (κ3) is 9.90. The number of aryl methyl sites for hydroxylation is 2. The molecule has 2 heteroatoms. The lowest BCUT2D eigenvalue weighted by Gasteiger charge is -2.19.